The van der Waals surface area contributed by atoms with E-state index in [0.29, 0.717) is 0 Å². The average molecular weight is 682 g/mol. The average Bonchev–Trinajstić information content (AvgIpc) is 3.02. The predicted octanol–water partition coefficient (Wildman–Crippen LogP) is 9.89. The SMILES string of the molecule is F/C=C(F)/C(F)=C(F)\C(=C\F)C(c1c(F)c(F)c(F)c(F)c1F)(c1c(F)c(F)c(F)c(F)c1F)c1c(F)c(F)c(F)c(F)c1F. The lowest BCUT2D eigenvalue weighted by Crippen LogP contribution is -2.41. The van der Waals surface area contributed by atoms with Crippen LogP contribution in [0.25, 0.3) is 0 Å². The number of hydrogen-bond acceptors (Lipinski definition) is 0. The topological polar surface area (TPSA) is 0 Å². The zero-order chi connectivity index (χ0) is 34.6. The summed E-state index contributed by atoms with van der Waals surface area (Å²) in [4.78, 5) is 0. The summed E-state index contributed by atoms with van der Waals surface area (Å²) in [6.07, 6.45) is -3.56. The quantitative estimate of drug-likeness (QED) is 0.0799. The van der Waals surface area contributed by atoms with Gasteiger partial charge in [-0.1, -0.05) is 0 Å². The second-order valence-corrected chi connectivity index (χ2v) is 8.19. The van der Waals surface area contributed by atoms with E-state index in [4.69, 9.17) is 0 Å². The van der Waals surface area contributed by atoms with Crippen molar-refractivity contribution in [2.45, 2.75) is 5.41 Å². The van der Waals surface area contributed by atoms with Crippen LogP contribution in [0, 0.1) is 87.3 Å². The third-order valence-corrected chi connectivity index (χ3v) is 6.00. The highest BCUT2D eigenvalue weighted by Gasteiger charge is 2.57. The van der Waals surface area contributed by atoms with Crippen molar-refractivity contribution in [1.82, 2.24) is 0 Å². The van der Waals surface area contributed by atoms with Gasteiger partial charge >= 0.3 is 0 Å². The molecule has 0 fully saturated rings. The third-order valence-electron chi connectivity index (χ3n) is 6.00. The minimum absolute atomic E-state index is 1.60. The van der Waals surface area contributed by atoms with Crippen molar-refractivity contribution < 1.29 is 87.8 Å². The normalized spacial score (nSPS) is 13.5. The van der Waals surface area contributed by atoms with Gasteiger partial charge in [0.15, 0.2) is 87.3 Å². The van der Waals surface area contributed by atoms with Crippen LogP contribution >= 0.6 is 0 Å². The molecule has 0 heterocycles. The summed E-state index contributed by atoms with van der Waals surface area (Å²) < 4.78 is 290. The molecule has 242 valence electrons. The molecule has 3 rings (SSSR count). The Labute approximate surface area is 233 Å². The molecule has 0 aliphatic rings. The molecule has 0 spiro atoms. The molecule has 0 amide bonds. The first-order valence-corrected chi connectivity index (χ1v) is 10.7. The molecular formula is C25H2F20. The summed E-state index contributed by atoms with van der Waals surface area (Å²) in [6.45, 7) is 0. The molecule has 0 atom stereocenters. The van der Waals surface area contributed by atoms with Gasteiger partial charge in [0.1, 0.15) is 6.33 Å². The summed E-state index contributed by atoms with van der Waals surface area (Å²) in [5.74, 6) is -64.1. The standard InChI is InChI=1S/C25H2F20/c26-1-3(8(29)9(30)4(28)2-27)25(5-10(31)16(37)22(43)17(38)11(5)32,6-12(33)18(39)23(44)19(40)13(6)34)7-14(35)20(41)24(45)21(42)15(7)36/h1-2H/b3-1-,4-2-,9-8-. The smallest absolute Gasteiger partial charge is 0.200 e. The molecule has 0 aliphatic heterocycles. The zero-order valence-corrected chi connectivity index (χ0v) is 20.2. The van der Waals surface area contributed by atoms with Crippen molar-refractivity contribution in [2.75, 3.05) is 0 Å². The third kappa shape index (κ3) is 4.80. The van der Waals surface area contributed by atoms with Crippen molar-refractivity contribution in [3.05, 3.63) is 140 Å². The Morgan fingerprint density at radius 1 is 0.333 bits per heavy atom. The van der Waals surface area contributed by atoms with Crippen LogP contribution in [0.1, 0.15) is 16.7 Å². The van der Waals surface area contributed by atoms with Gasteiger partial charge < -0.3 is 0 Å². The summed E-state index contributed by atoms with van der Waals surface area (Å²) in [7, 11) is 0. The highest BCUT2D eigenvalue weighted by atomic mass is 19.2. The van der Waals surface area contributed by atoms with E-state index >= 15 is 30.7 Å². The fourth-order valence-electron chi connectivity index (χ4n) is 4.15. The van der Waals surface area contributed by atoms with E-state index < -0.39 is 145 Å². The van der Waals surface area contributed by atoms with Crippen molar-refractivity contribution in [1.29, 1.82) is 0 Å². The van der Waals surface area contributed by atoms with Gasteiger partial charge in [-0.3, -0.25) is 0 Å². The molecule has 0 nitrogen and oxygen atoms in total. The van der Waals surface area contributed by atoms with Crippen molar-refractivity contribution >= 4 is 0 Å². The van der Waals surface area contributed by atoms with Crippen LogP contribution < -0.4 is 0 Å². The maximum atomic E-state index is 15.3. The second kappa shape index (κ2) is 12.1. The van der Waals surface area contributed by atoms with Crippen LogP contribution in [0.15, 0.2) is 35.7 Å². The van der Waals surface area contributed by atoms with Crippen LogP contribution in [-0.4, -0.2) is 0 Å². The highest BCUT2D eigenvalue weighted by Crippen LogP contribution is 2.55. The molecule has 0 bridgehead atoms. The van der Waals surface area contributed by atoms with E-state index in [2.05, 4.69) is 0 Å². The predicted molar refractivity (Wildman–Crippen MR) is 107 cm³/mol. The van der Waals surface area contributed by atoms with Gasteiger partial charge in [-0.2, -0.15) is 0 Å². The maximum absolute atomic E-state index is 15.3. The van der Waals surface area contributed by atoms with Crippen molar-refractivity contribution in [3.8, 4) is 0 Å². The number of halogens is 20. The molecule has 0 N–H and O–H groups in total. The van der Waals surface area contributed by atoms with Gasteiger partial charge in [-0.05, 0) is 0 Å². The summed E-state index contributed by atoms with van der Waals surface area (Å²) in [5.41, 5.74) is -20.3. The number of hydrogen-bond donors (Lipinski definition) is 0. The van der Waals surface area contributed by atoms with Crippen molar-refractivity contribution in [2.24, 2.45) is 0 Å². The van der Waals surface area contributed by atoms with E-state index in [1.54, 1.807) is 0 Å². The molecule has 3 aromatic carbocycles. The van der Waals surface area contributed by atoms with E-state index in [9.17, 15) is 57.1 Å². The first-order chi connectivity index (χ1) is 20.8. The Hall–Kier alpha value is -4.52. The zero-order valence-electron chi connectivity index (χ0n) is 20.2. The van der Waals surface area contributed by atoms with Crippen LogP contribution in [0.3, 0.4) is 0 Å². The molecule has 0 saturated carbocycles. The summed E-state index contributed by atoms with van der Waals surface area (Å²) in [5, 5.41) is 0. The molecule has 0 unspecified atom stereocenters. The number of rotatable bonds is 6. The van der Waals surface area contributed by atoms with Crippen molar-refractivity contribution in [3.63, 3.8) is 0 Å². The Bertz CT molecular complexity index is 1600. The lowest BCUT2D eigenvalue weighted by atomic mass is 9.63. The lowest BCUT2D eigenvalue weighted by Gasteiger charge is -2.38. The van der Waals surface area contributed by atoms with Gasteiger partial charge in [0.25, 0.3) is 0 Å². The Balaban J connectivity index is 3.10. The monoisotopic (exact) mass is 682 g/mol. The molecule has 0 radical (unpaired) electrons. The molecule has 0 aliphatic carbocycles. The van der Waals surface area contributed by atoms with Crippen LogP contribution in [-0.2, 0) is 5.41 Å². The highest BCUT2D eigenvalue weighted by molar-refractivity contribution is 5.65. The van der Waals surface area contributed by atoms with E-state index in [-0.39, 0.29) is 0 Å². The van der Waals surface area contributed by atoms with Crippen LogP contribution in [0.5, 0.6) is 0 Å². The second-order valence-electron chi connectivity index (χ2n) is 8.19. The van der Waals surface area contributed by atoms with Gasteiger partial charge in [-0.15, -0.1) is 0 Å². The van der Waals surface area contributed by atoms with Crippen LogP contribution in [0.4, 0.5) is 87.8 Å². The van der Waals surface area contributed by atoms with E-state index in [1.165, 1.54) is 0 Å². The fraction of sp³-hybridized carbons (Fsp3) is 0.0400. The van der Waals surface area contributed by atoms with Gasteiger partial charge in [0.05, 0.1) is 11.7 Å². The number of benzene rings is 3. The Kier molecular flexibility index (Phi) is 9.41. The first kappa shape index (κ1) is 35.0. The van der Waals surface area contributed by atoms with Gasteiger partial charge in [0.2, 0.25) is 17.5 Å². The van der Waals surface area contributed by atoms with E-state index in [0.717, 1.165) is 0 Å². The summed E-state index contributed by atoms with van der Waals surface area (Å²) in [6, 6.07) is 0. The Morgan fingerprint density at radius 3 is 0.756 bits per heavy atom. The Morgan fingerprint density at radius 2 is 0.556 bits per heavy atom. The molecular weight excluding hydrogens is 680 g/mol. The first-order valence-electron chi connectivity index (χ1n) is 10.7. The van der Waals surface area contributed by atoms with E-state index in [1.807, 2.05) is 0 Å². The van der Waals surface area contributed by atoms with Crippen LogP contribution in [0.2, 0.25) is 0 Å². The minimum Gasteiger partial charge on any atom is -0.215 e. The minimum atomic E-state index is -6.00. The fourth-order valence-corrected chi connectivity index (χ4v) is 4.15. The maximum Gasteiger partial charge on any atom is 0.200 e. The van der Waals surface area contributed by atoms with Gasteiger partial charge in [0, 0.05) is 22.3 Å². The van der Waals surface area contributed by atoms with Gasteiger partial charge in [-0.25, -0.2) is 87.8 Å². The lowest BCUT2D eigenvalue weighted by molar-refractivity contribution is 0.326. The number of allylic oxidation sites excluding steroid dienone is 4. The molecule has 20 heteroatoms. The molecule has 3 aromatic rings. The molecule has 0 saturated heterocycles. The molecule has 45 heavy (non-hydrogen) atoms. The largest absolute Gasteiger partial charge is 0.215 e. The molecule has 0 aromatic heterocycles. The summed E-state index contributed by atoms with van der Waals surface area (Å²) >= 11 is 0.